The second kappa shape index (κ2) is 5.36. The van der Waals surface area contributed by atoms with Gasteiger partial charge in [-0.25, -0.2) is 4.98 Å². The summed E-state index contributed by atoms with van der Waals surface area (Å²) in [5.41, 5.74) is 0. The first kappa shape index (κ1) is 12.2. The molecule has 1 aromatic heterocycles. The average Bonchev–Trinajstić information content (AvgIpc) is 2.76. The Morgan fingerprint density at radius 1 is 1.29 bits per heavy atom. The number of benzene rings is 1. The maximum atomic E-state index is 5.69. The lowest BCUT2D eigenvalue weighted by Crippen LogP contribution is -2.08. The first-order chi connectivity index (χ1) is 8.16. The van der Waals surface area contributed by atoms with Gasteiger partial charge in [0.15, 0.2) is 0 Å². The topological polar surface area (TPSA) is 27.1 Å². The molecular formula is C13H15BrN2O. The Balaban J connectivity index is 2.02. The van der Waals surface area contributed by atoms with Crippen molar-refractivity contribution < 1.29 is 4.74 Å². The molecule has 2 aromatic rings. The molecule has 1 aromatic carbocycles. The van der Waals surface area contributed by atoms with Gasteiger partial charge in [-0.15, -0.1) is 0 Å². The number of hydrogen-bond donors (Lipinski definition) is 0. The van der Waals surface area contributed by atoms with Crippen LogP contribution in [0.5, 0.6) is 5.75 Å². The van der Waals surface area contributed by atoms with E-state index in [4.69, 9.17) is 4.74 Å². The minimum atomic E-state index is 0.404. The number of ether oxygens (including phenoxy) is 1. The van der Waals surface area contributed by atoms with E-state index in [-0.39, 0.29) is 0 Å². The van der Waals surface area contributed by atoms with E-state index in [1.54, 1.807) is 6.20 Å². The maximum absolute atomic E-state index is 5.69. The Morgan fingerprint density at radius 3 is 2.65 bits per heavy atom. The Morgan fingerprint density at radius 2 is 2.00 bits per heavy atom. The molecule has 0 bridgehead atoms. The number of nitrogens with zero attached hydrogens (tertiary/aromatic N) is 2. The fourth-order valence-electron chi connectivity index (χ4n) is 1.60. The SMILES string of the molecule is CC(C)n1ccnc1COc1ccc(Br)cc1. The molecule has 0 aliphatic heterocycles. The summed E-state index contributed by atoms with van der Waals surface area (Å²) < 4.78 is 8.85. The monoisotopic (exact) mass is 294 g/mol. The minimum Gasteiger partial charge on any atom is -0.486 e. The summed E-state index contributed by atoms with van der Waals surface area (Å²) in [4.78, 5) is 4.30. The molecule has 0 saturated carbocycles. The summed E-state index contributed by atoms with van der Waals surface area (Å²) in [6, 6.07) is 8.20. The molecule has 3 nitrogen and oxygen atoms in total. The van der Waals surface area contributed by atoms with Gasteiger partial charge in [-0.1, -0.05) is 15.9 Å². The largest absolute Gasteiger partial charge is 0.486 e. The van der Waals surface area contributed by atoms with E-state index >= 15 is 0 Å². The van der Waals surface area contributed by atoms with Gasteiger partial charge in [0.2, 0.25) is 0 Å². The summed E-state index contributed by atoms with van der Waals surface area (Å²) in [6.07, 6.45) is 3.78. The zero-order valence-electron chi connectivity index (χ0n) is 9.93. The Labute approximate surface area is 110 Å². The third kappa shape index (κ3) is 3.09. The van der Waals surface area contributed by atoms with E-state index < -0.39 is 0 Å². The predicted molar refractivity (Wildman–Crippen MR) is 71.1 cm³/mol. The van der Waals surface area contributed by atoms with Crippen LogP contribution < -0.4 is 4.74 Å². The highest BCUT2D eigenvalue weighted by atomic mass is 79.9. The van der Waals surface area contributed by atoms with Gasteiger partial charge >= 0.3 is 0 Å². The summed E-state index contributed by atoms with van der Waals surface area (Å²) in [6.45, 7) is 4.75. The molecule has 0 spiro atoms. The van der Waals surface area contributed by atoms with Gasteiger partial charge in [-0.3, -0.25) is 0 Å². The molecule has 0 fully saturated rings. The van der Waals surface area contributed by atoms with Crippen LogP contribution >= 0.6 is 15.9 Å². The van der Waals surface area contributed by atoms with Crippen molar-refractivity contribution in [2.45, 2.75) is 26.5 Å². The van der Waals surface area contributed by atoms with Crippen molar-refractivity contribution >= 4 is 15.9 Å². The van der Waals surface area contributed by atoms with Gasteiger partial charge in [-0.05, 0) is 38.1 Å². The highest BCUT2D eigenvalue weighted by Gasteiger charge is 2.06. The second-order valence-electron chi connectivity index (χ2n) is 4.09. The fraction of sp³-hybridized carbons (Fsp3) is 0.308. The van der Waals surface area contributed by atoms with Crippen LogP contribution in [0.15, 0.2) is 41.1 Å². The molecule has 0 N–H and O–H groups in total. The van der Waals surface area contributed by atoms with Gasteiger partial charge in [-0.2, -0.15) is 0 Å². The molecule has 90 valence electrons. The maximum Gasteiger partial charge on any atom is 0.146 e. The molecule has 0 saturated heterocycles. The predicted octanol–water partition coefficient (Wildman–Crippen LogP) is 3.81. The Bertz CT molecular complexity index is 476. The standard InChI is InChI=1S/C13H15BrN2O/c1-10(2)16-8-7-15-13(16)9-17-12-5-3-11(14)4-6-12/h3-8,10H,9H2,1-2H3. The van der Waals surface area contributed by atoms with Gasteiger partial charge in [0.1, 0.15) is 18.2 Å². The highest BCUT2D eigenvalue weighted by molar-refractivity contribution is 9.10. The normalized spacial score (nSPS) is 10.8. The first-order valence-corrected chi connectivity index (χ1v) is 6.36. The molecule has 0 radical (unpaired) electrons. The van der Waals surface area contributed by atoms with Crippen LogP contribution in [-0.2, 0) is 6.61 Å². The van der Waals surface area contributed by atoms with Gasteiger partial charge < -0.3 is 9.30 Å². The zero-order valence-corrected chi connectivity index (χ0v) is 11.5. The highest BCUT2D eigenvalue weighted by Crippen LogP contribution is 2.17. The Kier molecular flexibility index (Phi) is 3.84. The average molecular weight is 295 g/mol. The van der Waals surface area contributed by atoms with E-state index in [1.165, 1.54) is 0 Å². The number of hydrogen-bond acceptors (Lipinski definition) is 2. The molecule has 0 aliphatic carbocycles. The lowest BCUT2D eigenvalue weighted by Gasteiger charge is -2.12. The molecule has 0 unspecified atom stereocenters. The van der Waals surface area contributed by atoms with Crippen LogP contribution in [0, 0.1) is 0 Å². The van der Waals surface area contributed by atoms with Crippen molar-refractivity contribution in [3.63, 3.8) is 0 Å². The van der Waals surface area contributed by atoms with Crippen molar-refractivity contribution in [2.24, 2.45) is 0 Å². The third-order valence-electron chi connectivity index (χ3n) is 2.49. The number of halogens is 1. The van der Waals surface area contributed by atoms with Crippen molar-refractivity contribution in [3.8, 4) is 5.75 Å². The summed E-state index contributed by atoms with van der Waals surface area (Å²) in [5, 5.41) is 0. The van der Waals surface area contributed by atoms with Crippen molar-refractivity contribution in [1.82, 2.24) is 9.55 Å². The molecule has 2 rings (SSSR count). The van der Waals surface area contributed by atoms with Gasteiger partial charge in [0.05, 0.1) is 0 Å². The van der Waals surface area contributed by atoms with Crippen LogP contribution in [0.25, 0.3) is 0 Å². The molecule has 4 heteroatoms. The third-order valence-corrected chi connectivity index (χ3v) is 3.02. The van der Waals surface area contributed by atoms with Gasteiger partial charge in [0, 0.05) is 22.9 Å². The van der Waals surface area contributed by atoms with Gasteiger partial charge in [0.25, 0.3) is 0 Å². The van der Waals surface area contributed by atoms with Crippen LogP contribution in [0.2, 0.25) is 0 Å². The summed E-state index contributed by atoms with van der Waals surface area (Å²) in [7, 11) is 0. The quantitative estimate of drug-likeness (QED) is 0.857. The van der Waals surface area contributed by atoms with Crippen molar-refractivity contribution in [3.05, 3.63) is 47.0 Å². The molecule has 0 amide bonds. The summed E-state index contributed by atoms with van der Waals surface area (Å²) in [5.74, 6) is 1.80. The number of aromatic nitrogens is 2. The van der Waals surface area contributed by atoms with Crippen molar-refractivity contribution in [2.75, 3.05) is 0 Å². The second-order valence-corrected chi connectivity index (χ2v) is 5.00. The van der Waals surface area contributed by atoms with Crippen LogP contribution in [0.1, 0.15) is 25.7 Å². The minimum absolute atomic E-state index is 0.404. The lowest BCUT2D eigenvalue weighted by atomic mass is 10.3. The summed E-state index contributed by atoms with van der Waals surface area (Å²) >= 11 is 3.39. The smallest absolute Gasteiger partial charge is 0.146 e. The number of imidazole rings is 1. The van der Waals surface area contributed by atoms with E-state index in [1.807, 2.05) is 30.5 Å². The van der Waals surface area contributed by atoms with E-state index in [2.05, 4.69) is 39.3 Å². The molecule has 17 heavy (non-hydrogen) atoms. The number of rotatable bonds is 4. The molecular weight excluding hydrogens is 280 g/mol. The molecule has 0 aliphatic rings. The first-order valence-electron chi connectivity index (χ1n) is 5.57. The molecule has 1 heterocycles. The van der Waals surface area contributed by atoms with Crippen LogP contribution in [0.3, 0.4) is 0 Å². The van der Waals surface area contributed by atoms with E-state index in [0.29, 0.717) is 12.6 Å². The molecule has 0 atom stereocenters. The van der Waals surface area contributed by atoms with E-state index in [0.717, 1.165) is 16.0 Å². The lowest BCUT2D eigenvalue weighted by molar-refractivity contribution is 0.286. The van der Waals surface area contributed by atoms with Crippen LogP contribution in [-0.4, -0.2) is 9.55 Å². The van der Waals surface area contributed by atoms with Crippen LogP contribution in [0.4, 0.5) is 0 Å². The van der Waals surface area contributed by atoms with Crippen molar-refractivity contribution in [1.29, 1.82) is 0 Å². The van der Waals surface area contributed by atoms with E-state index in [9.17, 15) is 0 Å². The Hall–Kier alpha value is -1.29. The fourth-order valence-corrected chi connectivity index (χ4v) is 1.87. The zero-order chi connectivity index (χ0) is 12.3.